The molecule has 7 nitrogen and oxygen atoms in total. The molecule has 1 saturated heterocycles. The summed E-state index contributed by atoms with van der Waals surface area (Å²) in [5.41, 5.74) is 2.34. The van der Waals surface area contributed by atoms with Crippen molar-refractivity contribution < 1.29 is 14.6 Å². The van der Waals surface area contributed by atoms with Crippen molar-refractivity contribution in [1.29, 1.82) is 0 Å². The largest absolute Gasteiger partial charge is 0.455 e. The van der Waals surface area contributed by atoms with Gasteiger partial charge in [0.1, 0.15) is 12.3 Å². The van der Waals surface area contributed by atoms with Crippen molar-refractivity contribution in [3.05, 3.63) is 83.7 Å². The smallest absolute Gasteiger partial charge is 0.338 e. The molecule has 1 aliphatic heterocycles. The zero-order valence-corrected chi connectivity index (χ0v) is 20.1. The molecule has 1 saturated carbocycles. The fourth-order valence-corrected chi connectivity index (χ4v) is 5.55. The highest BCUT2D eigenvalue weighted by Crippen LogP contribution is 2.37. The lowest BCUT2D eigenvalue weighted by atomic mass is 9.85. The summed E-state index contributed by atoms with van der Waals surface area (Å²) >= 11 is 0. The van der Waals surface area contributed by atoms with Gasteiger partial charge >= 0.3 is 5.97 Å². The van der Waals surface area contributed by atoms with E-state index in [0.29, 0.717) is 30.1 Å². The molecular formula is C28H34N4O3. The van der Waals surface area contributed by atoms with Gasteiger partial charge in [-0.15, -0.1) is 5.10 Å². The molecule has 5 rings (SSSR count). The first-order chi connectivity index (χ1) is 17.2. The lowest BCUT2D eigenvalue weighted by Crippen LogP contribution is -2.47. The number of hydrogen-bond donors (Lipinski definition) is 1. The van der Waals surface area contributed by atoms with E-state index in [9.17, 15) is 9.90 Å². The SMILES string of the molecule is O=C(OCc1cn([C@H]2CN(CC3CCCCC3)[C@@H](c3ccccc3)C[C@H]2O)nn1)c1ccccc1. The van der Waals surface area contributed by atoms with Gasteiger partial charge in [0.05, 0.1) is 23.9 Å². The Morgan fingerprint density at radius 2 is 1.71 bits per heavy atom. The summed E-state index contributed by atoms with van der Waals surface area (Å²) in [5, 5.41) is 19.7. The van der Waals surface area contributed by atoms with Crippen LogP contribution < -0.4 is 0 Å². The Balaban J connectivity index is 1.28. The van der Waals surface area contributed by atoms with Crippen molar-refractivity contribution in [3.63, 3.8) is 0 Å². The summed E-state index contributed by atoms with van der Waals surface area (Å²) in [5.74, 6) is 0.316. The summed E-state index contributed by atoms with van der Waals surface area (Å²) in [6.45, 7) is 1.80. The second-order valence-corrected chi connectivity index (χ2v) is 9.89. The zero-order valence-electron chi connectivity index (χ0n) is 20.1. The highest BCUT2D eigenvalue weighted by atomic mass is 16.5. The molecule has 0 amide bonds. The number of esters is 1. The van der Waals surface area contributed by atoms with E-state index in [-0.39, 0.29) is 24.7 Å². The van der Waals surface area contributed by atoms with Crippen molar-refractivity contribution in [2.24, 2.45) is 5.92 Å². The number of benzene rings is 2. The third-order valence-corrected chi connectivity index (χ3v) is 7.43. The van der Waals surface area contributed by atoms with Gasteiger partial charge in [0.2, 0.25) is 0 Å². The van der Waals surface area contributed by atoms with Crippen LogP contribution in [0.25, 0.3) is 0 Å². The van der Waals surface area contributed by atoms with Gasteiger partial charge in [-0.2, -0.15) is 0 Å². The summed E-state index contributed by atoms with van der Waals surface area (Å²) in [6.07, 6.45) is 8.45. The molecule has 1 aliphatic carbocycles. The van der Waals surface area contributed by atoms with Crippen molar-refractivity contribution in [2.45, 2.75) is 63.3 Å². The average Bonchev–Trinajstić information content (AvgIpc) is 3.38. The molecule has 0 unspecified atom stereocenters. The predicted molar refractivity (Wildman–Crippen MR) is 133 cm³/mol. The highest BCUT2D eigenvalue weighted by molar-refractivity contribution is 5.89. The second kappa shape index (κ2) is 11.1. The number of carbonyl (C=O) groups excluding carboxylic acids is 1. The monoisotopic (exact) mass is 474 g/mol. The molecule has 2 fully saturated rings. The van der Waals surface area contributed by atoms with Crippen LogP contribution in [0.1, 0.15) is 72.2 Å². The molecular weight excluding hydrogens is 440 g/mol. The molecule has 2 aliphatic rings. The van der Waals surface area contributed by atoms with E-state index in [4.69, 9.17) is 4.74 Å². The fourth-order valence-electron chi connectivity index (χ4n) is 5.55. The lowest BCUT2D eigenvalue weighted by Gasteiger charge is -2.44. The number of rotatable bonds is 7. The first kappa shape index (κ1) is 23.7. The summed E-state index contributed by atoms with van der Waals surface area (Å²) < 4.78 is 7.17. The topological polar surface area (TPSA) is 80.5 Å². The van der Waals surface area contributed by atoms with Gasteiger partial charge in [-0.1, -0.05) is 73.0 Å². The van der Waals surface area contributed by atoms with E-state index in [1.807, 2.05) is 12.1 Å². The quantitative estimate of drug-likeness (QED) is 0.506. The molecule has 2 heterocycles. The zero-order chi connectivity index (χ0) is 24.0. The van der Waals surface area contributed by atoms with Gasteiger partial charge < -0.3 is 9.84 Å². The Hall–Kier alpha value is -3.03. The molecule has 0 bridgehead atoms. The van der Waals surface area contributed by atoms with E-state index in [0.717, 1.165) is 6.54 Å². The van der Waals surface area contributed by atoms with Crippen LogP contribution in [0.3, 0.4) is 0 Å². The van der Waals surface area contributed by atoms with Crippen LogP contribution >= 0.6 is 0 Å². The molecule has 3 atom stereocenters. The summed E-state index contributed by atoms with van der Waals surface area (Å²) in [7, 11) is 0. The van der Waals surface area contributed by atoms with E-state index in [2.05, 4.69) is 39.5 Å². The van der Waals surface area contributed by atoms with Crippen molar-refractivity contribution in [2.75, 3.05) is 13.1 Å². The van der Waals surface area contributed by atoms with Gasteiger partial charge in [-0.25, -0.2) is 9.48 Å². The first-order valence-electron chi connectivity index (χ1n) is 12.8. The number of likely N-dealkylation sites (tertiary alicyclic amines) is 1. The van der Waals surface area contributed by atoms with Gasteiger partial charge in [0.15, 0.2) is 0 Å². The number of aliphatic hydroxyl groups is 1. The minimum atomic E-state index is -0.538. The molecule has 184 valence electrons. The Labute approximate surface area is 206 Å². The van der Waals surface area contributed by atoms with E-state index < -0.39 is 6.10 Å². The lowest BCUT2D eigenvalue weighted by molar-refractivity contribution is -0.0154. The average molecular weight is 475 g/mol. The Morgan fingerprint density at radius 1 is 1.00 bits per heavy atom. The molecule has 1 aromatic heterocycles. The third-order valence-electron chi connectivity index (χ3n) is 7.43. The minimum absolute atomic E-state index is 0.0506. The molecule has 35 heavy (non-hydrogen) atoms. The minimum Gasteiger partial charge on any atom is -0.455 e. The molecule has 0 radical (unpaired) electrons. The predicted octanol–water partition coefficient (Wildman–Crippen LogP) is 4.56. The van der Waals surface area contributed by atoms with E-state index in [1.165, 1.54) is 37.7 Å². The Morgan fingerprint density at radius 3 is 2.46 bits per heavy atom. The summed E-state index contributed by atoms with van der Waals surface area (Å²) in [6, 6.07) is 19.4. The number of ether oxygens (including phenoxy) is 1. The Kier molecular flexibility index (Phi) is 7.54. The summed E-state index contributed by atoms with van der Waals surface area (Å²) in [4.78, 5) is 14.8. The van der Waals surface area contributed by atoms with Gasteiger partial charge in [-0.3, -0.25) is 4.90 Å². The molecule has 3 aromatic rings. The fraction of sp³-hybridized carbons (Fsp3) is 0.464. The number of piperidine rings is 1. The second-order valence-electron chi connectivity index (χ2n) is 9.89. The maximum atomic E-state index is 12.3. The molecule has 1 N–H and O–H groups in total. The standard InChI is InChI=1S/C28H34N4O3/c33-27-16-25(22-12-6-2-7-13-22)31(17-21-10-4-1-5-11-21)19-26(27)32-18-24(29-30-32)20-35-28(34)23-14-8-3-9-15-23/h2-3,6-9,12-15,18,21,25-27,33H,1,4-5,10-11,16-17,19-20H2/t25-,26+,27-/m1/s1. The molecule has 2 aromatic carbocycles. The molecule has 7 heteroatoms. The van der Waals surface area contributed by atoms with Crippen LogP contribution in [0.4, 0.5) is 0 Å². The van der Waals surface area contributed by atoms with Crippen molar-refractivity contribution >= 4 is 5.97 Å². The molecule has 0 spiro atoms. The van der Waals surface area contributed by atoms with Gasteiger partial charge in [-0.05, 0) is 42.9 Å². The van der Waals surface area contributed by atoms with Gasteiger partial charge in [0.25, 0.3) is 0 Å². The first-order valence-corrected chi connectivity index (χ1v) is 12.8. The van der Waals surface area contributed by atoms with Crippen LogP contribution in [0.2, 0.25) is 0 Å². The van der Waals surface area contributed by atoms with Crippen LogP contribution in [0, 0.1) is 5.92 Å². The maximum absolute atomic E-state index is 12.3. The van der Waals surface area contributed by atoms with Crippen molar-refractivity contribution in [1.82, 2.24) is 19.9 Å². The maximum Gasteiger partial charge on any atom is 0.338 e. The number of aromatic nitrogens is 3. The van der Waals surface area contributed by atoms with Crippen molar-refractivity contribution in [3.8, 4) is 0 Å². The third kappa shape index (κ3) is 5.80. The van der Waals surface area contributed by atoms with E-state index in [1.54, 1.807) is 35.1 Å². The van der Waals surface area contributed by atoms with E-state index >= 15 is 0 Å². The highest BCUT2D eigenvalue weighted by Gasteiger charge is 2.38. The number of nitrogens with zero attached hydrogens (tertiary/aromatic N) is 4. The van der Waals surface area contributed by atoms with Crippen LogP contribution in [0.5, 0.6) is 0 Å². The Bertz CT molecular complexity index is 1080. The number of carbonyl (C=O) groups is 1. The van der Waals surface area contributed by atoms with Gasteiger partial charge in [0, 0.05) is 19.1 Å². The van der Waals surface area contributed by atoms with Crippen LogP contribution in [-0.4, -0.2) is 50.2 Å². The number of aliphatic hydroxyl groups excluding tert-OH is 1. The normalized spacial score (nSPS) is 23.7. The van der Waals surface area contributed by atoms with Crippen LogP contribution in [0.15, 0.2) is 66.9 Å². The van der Waals surface area contributed by atoms with Crippen LogP contribution in [-0.2, 0) is 11.3 Å². The number of hydrogen-bond acceptors (Lipinski definition) is 6.